The summed E-state index contributed by atoms with van der Waals surface area (Å²) in [5.74, 6) is 2.40. The zero-order chi connectivity index (χ0) is 14.8. The van der Waals surface area contributed by atoms with Gasteiger partial charge in [-0.05, 0) is 56.1 Å². The van der Waals surface area contributed by atoms with Gasteiger partial charge in [-0.15, -0.1) is 0 Å². The molecule has 0 spiro atoms. The first-order valence-corrected chi connectivity index (χ1v) is 8.22. The summed E-state index contributed by atoms with van der Waals surface area (Å²) in [4.78, 5) is 12.3. The molecule has 4 atom stereocenters. The number of hydrogen-bond donors (Lipinski definition) is 1. The number of nitrogens with one attached hydrogen (secondary N) is 1. The molecule has 2 saturated carbocycles. The van der Waals surface area contributed by atoms with Gasteiger partial charge in [0.15, 0.2) is 6.10 Å². The van der Waals surface area contributed by atoms with Crippen LogP contribution in [-0.2, 0) is 11.2 Å². The van der Waals surface area contributed by atoms with Gasteiger partial charge in [-0.3, -0.25) is 4.79 Å². The molecule has 3 rings (SSSR count). The molecule has 0 aliphatic heterocycles. The maximum Gasteiger partial charge on any atom is 0.261 e. The fourth-order valence-corrected chi connectivity index (χ4v) is 3.88. The van der Waals surface area contributed by atoms with Crippen LogP contribution < -0.4 is 10.1 Å². The molecule has 1 amide bonds. The Morgan fingerprint density at radius 2 is 2.14 bits per heavy atom. The molecule has 2 aliphatic rings. The second-order valence-corrected chi connectivity index (χ2v) is 6.51. The molecule has 1 aromatic rings. The molecule has 21 heavy (non-hydrogen) atoms. The SMILES string of the molecule is CCc1ccccc1OC(C)C(=O)NC1CC2CCC1C2. The van der Waals surface area contributed by atoms with Crippen molar-refractivity contribution in [1.82, 2.24) is 5.32 Å². The van der Waals surface area contributed by atoms with E-state index in [1.807, 2.05) is 25.1 Å². The van der Waals surface area contributed by atoms with Crippen LogP contribution >= 0.6 is 0 Å². The minimum Gasteiger partial charge on any atom is -0.481 e. The molecule has 2 bridgehead atoms. The highest BCUT2D eigenvalue weighted by Gasteiger charge is 2.40. The van der Waals surface area contributed by atoms with Crippen LogP contribution in [0.5, 0.6) is 5.75 Å². The van der Waals surface area contributed by atoms with E-state index in [2.05, 4.69) is 18.3 Å². The van der Waals surface area contributed by atoms with E-state index >= 15 is 0 Å². The molecule has 2 aliphatic carbocycles. The maximum atomic E-state index is 12.3. The summed E-state index contributed by atoms with van der Waals surface area (Å²) >= 11 is 0. The lowest BCUT2D eigenvalue weighted by Gasteiger charge is -2.25. The number of amides is 1. The van der Waals surface area contributed by atoms with E-state index in [4.69, 9.17) is 4.74 Å². The van der Waals surface area contributed by atoms with Crippen LogP contribution in [0.25, 0.3) is 0 Å². The molecular formula is C18H25NO2. The first-order valence-electron chi connectivity index (χ1n) is 8.22. The van der Waals surface area contributed by atoms with E-state index in [1.165, 1.54) is 19.3 Å². The molecule has 0 radical (unpaired) electrons. The molecule has 114 valence electrons. The number of rotatable bonds is 5. The predicted molar refractivity (Wildman–Crippen MR) is 83.3 cm³/mol. The molecule has 1 N–H and O–H groups in total. The summed E-state index contributed by atoms with van der Waals surface area (Å²) in [6.07, 6.45) is 5.58. The molecule has 2 fully saturated rings. The minimum absolute atomic E-state index is 0.0263. The monoisotopic (exact) mass is 287 g/mol. The van der Waals surface area contributed by atoms with Crippen molar-refractivity contribution in [2.75, 3.05) is 0 Å². The number of carbonyl (C=O) groups excluding carboxylic acids is 1. The van der Waals surface area contributed by atoms with Crippen molar-refractivity contribution in [3.63, 3.8) is 0 Å². The van der Waals surface area contributed by atoms with Crippen LogP contribution in [0.3, 0.4) is 0 Å². The molecule has 0 aromatic heterocycles. The third kappa shape index (κ3) is 3.07. The standard InChI is InChI=1S/C18H25NO2/c1-3-14-6-4-5-7-17(14)21-12(2)18(20)19-16-11-13-8-9-15(16)10-13/h4-7,12-13,15-16H,3,8-11H2,1-2H3,(H,19,20). The summed E-state index contributed by atoms with van der Waals surface area (Å²) in [6.45, 7) is 3.94. The number of para-hydroxylation sites is 1. The highest BCUT2D eigenvalue weighted by Crippen LogP contribution is 2.44. The Hall–Kier alpha value is -1.51. The summed E-state index contributed by atoms with van der Waals surface area (Å²) in [6, 6.07) is 8.33. The van der Waals surface area contributed by atoms with Gasteiger partial charge in [-0.1, -0.05) is 31.5 Å². The summed E-state index contributed by atoms with van der Waals surface area (Å²) in [5.41, 5.74) is 1.15. The second-order valence-electron chi connectivity index (χ2n) is 6.51. The van der Waals surface area contributed by atoms with E-state index < -0.39 is 6.10 Å². The van der Waals surface area contributed by atoms with Crippen LogP contribution in [0.15, 0.2) is 24.3 Å². The highest BCUT2D eigenvalue weighted by molar-refractivity contribution is 5.81. The van der Waals surface area contributed by atoms with Crippen LogP contribution in [-0.4, -0.2) is 18.1 Å². The molecule has 0 heterocycles. The summed E-state index contributed by atoms with van der Waals surface area (Å²) in [7, 11) is 0. The fraction of sp³-hybridized carbons (Fsp3) is 0.611. The molecule has 4 unspecified atom stereocenters. The summed E-state index contributed by atoms with van der Waals surface area (Å²) < 4.78 is 5.88. The van der Waals surface area contributed by atoms with Gasteiger partial charge in [-0.2, -0.15) is 0 Å². The van der Waals surface area contributed by atoms with Gasteiger partial charge in [-0.25, -0.2) is 0 Å². The van der Waals surface area contributed by atoms with E-state index in [0.29, 0.717) is 12.0 Å². The van der Waals surface area contributed by atoms with Crippen molar-refractivity contribution in [3.05, 3.63) is 29.8 Å². The topological polar surface area (TPSA) is 38.3 Å². The minimum atomic E-state index is -0.433. The average molecular weight is 287 g/mol. The van der Waals surface area contributed by atoms with Gasteiger partial charge in [0.1, 0.15) is 5.75 Å². The van der Waals surface area contributed by atoms with Crippen molar-refractivity contribution >= 4 is 5.91 Å². The molecule has 0 saturated heterocycles. The lowest BCUT2D eigenvalue weighted by molar-refractivity contribution is -0.128. The molecule has 3 nitrogen and oxygen atoms in total. The third-order valence-electron chi connectivity index (χ3n) is 5.09. The number of ether oxygens (including phenoxy) is 1. The second kappa shape index (κ2) is 6.08. The van der Waals surface area contributed by atoms with Gasteiger partial charge in [0, 0.05) is 6.04 Å². The first-order chi connectivity index (χ1) is 10.2. The van der Waals surface area contributed by atoms with E-state index in [1.54, 1.807) is 0 Å². The van der Waals surface area contributed by atoms with Crippen LogP contribution in [0.1, 0.15) is 45.1 Å². The number of fused-ring (bicyclic) bond motifs is 2. The number of benzene rings is 1. The largest absolute Gasteiger partial charge is 0.481 e. The third-order valence-corrected chi connectivity index (χ3v) is 5.09. The number of aryl methyl sites for hydroxylation is 1. The molecule has 1 aromatic carbocycles. The Bertz CT molecular complexity index is 514. The Kier molecular flexibility index (Phi) is 4.18. The van der Waals surface area contributed by atoms with E-state index in [0.717, 1.165) is 30.1 Å². The van der Waals surface area contributed by atoms with Crippen LogP contribution in [0, 0.1) is 11.8 Å². The number of carbonyl (C=O) groups is 1. The lowest BCUT2D eigenvalue weighted by Crippen LogP contribution is -2.44. The Morgan fingerprint density at radius 1 is 1.33 bits per heavy atom. The molecule has 3 heteroatoms. The van der Waals surface area contributed by atoms with Crippen molar-refractivity contribution in [2.24, 2.45) is 11.8 Å². The number of hydrogen-bond acceptors (Lipinski definition) is 2. The predicted octanol–water partition coefficient (Wildman–Crippen LogP) is 3.32. The Labute approximate surface area is 127 Å². The smallest absolute Gasteiger partial charge is 0.261 e. The van der Waals surface area contributed by atoms with Gasteiger partial charge in [0.25, 0.3) is 5.91 Å². The Balaban J connectivity index is 1.57. The van der Waals surface area contributed by atoms with Crippen molar-refractivity contribution < 1.29 is 9.53 Å². The van der Waals surface area contributed by atoms with Crippen molar-refractivity contribution in [3.8, 4) is 5.75 Å². The van der Waals surface area contributed by atoms with Crippen LogP contribution in [0.2, 0.25) is 0 Å². The maximum absolute atomic E-state index is 12.3. The quantitative estimate of drug-likeness (QED) is 0.902. The van der Waals surface area contributed by atoms with Gasteiger partial charge in [0.2, 0.25) is 0 Å². The van der Waals surface area contributed by atoms with Crippen LogP contribution in [0.4, 0.5) is 0 Å². The average Bonchev–Trinajstić information content (AvgIpc) is 3.10. The zero-order valence-electron chi connectivity index (χ0n) is 13.0. The normalized spacial score (nSPS) is 28.4. The van der Waals surface area contributed by atoms with E-state index in [9.17, 15) is 4.79 Å². The van der Waals surface area contributed by atoms with Crippen molar-refractivity contribution in [2.45, 2.75) is 58.1 Å². The highest BCUT2D eigenvalue weighted by atomic mass is 16.5. The summed E-state index contributed by atoms with van der Waals surface area (Å²) in [5, 5.41) is 3.20. The lowest BCUT2D eigenvalue weighted by atomic mass is 9.95. The Morgan fingerprint density at radius 3 is 2.81 bits per heavy atom. The van der Waals surface area contributed by atoms with Gasteiger partial charge >= 0.3 is 0 Å². The van der Waals surface area contributed by atoms with E-state index in [-0.39, 0.29) is 5.91 Å². The van der Waals surface area contributed by atoms with Gasteiger partial charge in [0.05, 0.1) is 0 Å². The van der Waals surface area contributed by atoms with Crippen molar-refractivity contribution in [1.29, 1.82) is 0 Å². The van der Waals surface area contributed by atoms with Gasteiger partial charge < -0.3 is 10.1 Å². The first kappa shape index (κ1) is 14.4. The molecular weight excluding hydrogens is 262 g/mol. The fourth-order valence-electron chi connectivity index (χ4n) is 3.88. The zero-order valence-corrected chi connectivity index (χ0v) is 13.0.